The van der Waals surface area contributed by atoms with Crippen LogP contribution in [-0.4, -0.2) is 22.4 Å². The van der Waals surface area contributed by atoms with E-state index in [4.69, 9.17) is 4.74 Å². The molecule has 4 heteroatoms. The van der Waals surface area contributed by atoms with Crippen molar-refractivity contribution in [3.05, 3.63) is 72.3 Å². The Labute approximate surface area is 158 Å². The number of hydrogen-bond donors (Lipinski definition) is 1. The lowest BCUT2D eigenvalue weighted by Crippen LogP contribution is -2.26. The normalized spacial score (nSPS) is 11.5. The van der Waals surface area contributed by atoms with Crippen molar-refractivity contribution in [2.24, 2.45) is 0 Å². The first-order chi connectivity index (χ1) is 12.4. The van der Waals surface area contributed by atoms with Crippen LogP contribution >= 0.6 is 11.8 Å². The van der Waals surface area contributed by atoms with Crippen LogP contribution in [0.1, 0.15) is 19.4 Å². The van der Waals surface area contributed by atoms with Gasteiger partial charge in [-0.05, 0) is 48.4 Å². The number of benzene rings is 3. The van der Waals surface area contributed by atoms with Gasteiger partial charge in [-0.1, -0.05) is 48.5 Å². The minimum Gasteiger partial charge on any atom is -0.493 e. The molecule has 0 atom stereocenters. The van der Waals surface area contributed by atoms with Crippen LogP contribution in [0.5, 0.6) is 5.75 Å². The molecular weight excluding hydrogens is 344 g/mol. The number of carboxylic acid groups (broad SMARTS) is 1. The van der Waals surface area contributed by atoms with E-state index in [1.807, 2.05) is 36.4 Å². The molecule has 0 unspecified atom stereocenters. The molecule has 0 heterocycles. The lowest BCUT2D eigenvalue weighted by Gasteiger charge is -2.18. The SMILES string of the molecule is CC(C)(Sc1cccc(OCCc2ccc3ccccc3c2)c1)C(=O)O. The van der Waals surface area contributed by atoms with E-state index in [1.54, 1.807) is 13.8 Å². The predicted octanol–water partition coefficient (Wildman–Crippen LogP) is 5.42. The fourth-order valence-corrected chi connectivity index (χ4v) is 3.65. The summed E-state index contributed by atoms with van der Waals surface area (Å²) in [6.45, 7) is 3.98. The summed E-state index contributed by atoms with van der Waals surface area (Å²) in [7, 11) is 0. The molecule has 134 valence electrons. The molecule has 0 aromatic heterocycles. The number of hydrogen-bond acceptors (Lipinski definition) is 3. The molecule has 0 radical (unpaired) electrons. The van der Waals surface area contributed by atoms with Crippen LogP contribution in [-0.2, 0) is 11.2 Å². The molecule has 3 aromatic rings. The molecule has 0 aliphatic carbocycles. The van der Waals surface area contributed by atoms with Crippen LogP contribution in [0.4, 0.5) is 0 Å². The van der Waals surface area contributed by atoms with Crippen molar-refractivity contribution < 1.29 is 14.6 Å². The molecule has 0 spiro atoms. The second kappa shape index (κ2) is 7.83. The zero-order valence-corrected chi connectivity index (χ0v) is 15.8. The van der Waals surface area contributed by atoms with Crippen molar-refractivity contribution in [3.63, 3.8) is 0 Å². The Morgan fingerprint density at radius 3 is 2.54 bits per heavy atom. The second-order valence-electron chi connectivity index (χ2n) is 6.67. The van der Waals surface area contributed by atoms with Gasteiger partial charge >= 0.3 is 5.97 Å². The molecule has 3 rings (SSSR count). The van der Waals surface area contributed by atoms with Gasteiger partial charge in [0.15, 0.2) is 0 Å². The van der Waals surface area contributed by atoms with Crippen molar-refractivity contribution in [2.45, 2.75) is 29.9 Å². The van der Waals surface area contributed by atoms with Crippen molar-refractivity contribution in [3.8, 4) is 5.75 Å². The van der Waals surface area contributed by atoms with Crippen LogP contribution in [0.25, 0.3) is 10.8 Å². The zero-order chi connectivity index (χ0) is 18.6. The van der Waals surface area contributed by atoms with E-state index in [0.29, 0.717) is 6.61 Å². The molecule has 0 saturated heterocycles. The van der Waals surface area contributed by atoms with Crippen molar-refractivity contribution in [2.75, 3.05) is 6.61 Å². The number of carboxylic acids is 1. The smallest absolute Gasteiger partial charge is 0.319 e. The highest BCUT2D eigenvalue weighted by atomic mass is 32.2. The van der Waals surface area contributed by atoms with Gasteiger partial charge in [-0.15, -0.1) is 11.8 Å². The predicted molar refractivity (Wildman–Crippen MR) is 107 cm³/mol. The Bertz CT molecular complexity index is 918. The first kappa shape index (κ1) is 18.3. The van der Waals surface area contributed by atoms with Gasteiger partial charge in [-0.3, -0.25) is 4.79 Å². The molecule has 3 nitrogen and oxygen atoms in total. The van der Waals surface area contributed by atoms with Crippen LogP contribution < -0.4 is 4.74 Å². The van der Waals surface area contributed by atoms with Crippen LogP contribution in [0.2, 0.25) is 0 Å². The lowest BCUT2D eigenvalue weighted by atomic mass is 10.1. The Balaban J connectivity index is 1.60. The van der Waals surface area contributed by atoms with E-state index in [-0.39, 0.29) is 0 Å². The van der Waals surface area contributed by atoms with Gasteiger partial charge in [0.25, 0.3) is 0 Å². The summed E-state index contributed by atoms with van der Waals surface area (Å²) < 4.78 is 5.01. The summed E-state index contributed by atoms with van der Waals surface area (Å²) in [5.74, 6) is -0.0675. The van der Waals surface area contributed by atoms with Crippen molar-refractivity contribution in [1.82, 2.24) is 0 Å². The summed E-state index contributed by atoms with van der Waals surface area (Å²) >= 11 is 1.32. The quantitative estimate of drug-likeness (QED) is 0.567. The largest absolute Gasteiger partial charge is 0.493 e. The van der Waals surface area contributed by atoms with Crippen molar-refractivity contribution in [1.29, 1.82) is 0 Å². The van der Waals surface area contributed by atoms with Gasteiger partial charge in [0.2, 0.25) is 0 Å². The maximum Gasteiger partial charge on any atom is 0.319 e. The van der Waals surface area contributed by atoms with Crippen molar-refractivity contribution >= 4 is 28.5 Å². The Morgan fingerprint density at radius 2 is 1.77 bits per heavy atom. The van der Waals surface area contributed by atoms with E-state index in [1.165, 1.54) is 28.1 Å². The van der Waals surface area contributed by atoms with Gasteiger partial charge in [-0.25, -0.2) is 0 Å². The van der Waals surface area contributed by atoms with Crippen LogP contribution in [0.3, 0.4) is 0 Å². The Hall–Kier alpha value is -2.46. The standard InChI is InChI=1S/C22H22O3S/c1-22(2,21(23)24)26-20-9-5-8-19(15-20)25-13-12-16-10-11-17-6-3-4-7-18(17)14-16/h3-11,14-15H,12-13H2,1-2H3,(H,23,24). The number of rotatable bonds is 7. The first-order valence-corrected chi connectivity index (χ1v) is 9.39. The molecule has 0 amide bonds. The Morgan fingerprint density at radius 1 is 1.00 bits per heavy atom. The third-order valence-electron chi connectivity index (χ3n) is 4.17. The van der Waals surface area contributed by atoms with Gasteiger partial charge in [0.1, 0.15) is 10.5 Å². The zero-order valence-electron chi connectivity index (χ0n) is 14.9. The number of thioether (sulfide) groups is 1. The number of aliphatic carboxylic acids is 1. The number of ether oxygens (including phenoxy) is 1. The maximum atomic E-state index is 11.3. The van der Waals surface area contributed by atoms with Crippen LogP contribution in [0.15, 0.2) is 71.6 Å². The maximum absolute atomic E-state index is 11.3. The molecule has 0 fully saturated rings. The van der Waals surface area contributed by atoms with E-state index in [0.717, 1.165) is 17.1 Å². The highest BCUT2D eigenvalue weighted by Crippen LogP contribution is 2.34. The van der Waals surface area contributed by atoms with Gasteiger partial charge in [0, 0.05) is 11.3 Å². The van der Waals surface area contributed by atoms with E-state index in [2.05, 4.69) is 30.3 Å². The highest BCUT2D eigenvalue weighted by molar-refractivity contribution is 8.01. The lowest BCUT2D eigenvalue weighted by molar-refractivity contribution is -0.138. The van der Waals surface area contributed by atoms with Gasteiger partial charge in [-0.2, -0.15) is 0 Å². The topological polar surface area (TPSA) is 46.5 Å². The van der Waals surface area contributed by atoms with Gasteiger partial charge in [0.05, 0.1) is 6.61 Å². The molecule has 1 N–H and O–H groups in total. The molecular formula is C22H22O3S. The fraction of sp³-hybridized carbons (Fsp3) is 0.227. The van der Waals surface area contributed by atoms with E-state index in [9.17, 15) is 9.90 Å². The molecule has 26 heavy (non-hydrogen) atoms. The fourth-order valence-electron chi connectivity index (χ4n) is 2.65. The average Bonchev–Trinajstić information content (AvgIpc) is 2.61. The first-order valence-electron chi connectivity index (χ1n) is 8.57. The summed E-state index contributed by atoms with van der Waals surface area (Å²) in [5.41, 5.74) is 1.24. The second-order valence-corrected chi connectivity index (χ2v) is 8.37. The summed E-state index contributed by atoms with van der Waals surface area (Å²) in [6.07, 6.45) is 0.822. The third-order valence-corrected chi connectivity index (χ3v) is 5.34. The number of carbonyl (C=O) groups is 1. The molecule has 0 saturated carbocycles. The Kier molecular flexibility index (Phi) is 5.52. The van der Waals surface area contributed by atoms with Crippen LogP contribution in [0, 0.1) is 0 Å². The molecule has 3 aromatic carbocycles. The minimum absolute atomic E-state index is 0.578. The van der Waals surface area contributed by atoms with Gasteiger partial charge < -0.3 is 9.84 Å². The molecule has 0 aliphatic rings. The summed E-state index contributed by atoms with van der Waals surface area (Å²) in [6, 6.07) is 22.4. The monoisotopic (exact) mass is 366 g/mol. The molecule has 0 bridgehead atoms. The highest BCUT2D eigenvalue weighted by Gasteiger charge is 2.28. The minimum atomic E-state index is -0.871. The van der Waals surface area contributed by atoms with E-state index >= 15 is 0 Å². The third kappa shape index (κ3) is 4.58. The summed E-state index contributed by atoms with van der Waals surface area (Å²) in [5, 5.41) is 11.7. The molecule has 0 aliphatic heterocycles. The average molecular weight is 366 g/mol. The van der Waals surface area contributed by atoms with E-state index < -0.39 is 10.7 Å². The number of fused-ring (bicyclic) bond motifs is 1. The summed E-state index contributed by atoms with van der Waals surface area (Å²) in [4.78, 5) is 12.2.